The van der Waals surface area contributed by atoms with Crippen LogP contribution in [0.1, 0.15) is 0 Å². The maximum absolute atomic E-state index is 12.7. The van der Waals surface area contributed by atoms with Crippen molar-refractivity contribution in [3.8, 4) is 5.75 Å². The number of carbonyl (C=O) groups excluding carboxylic acids is 2. The number of benzene rings is 1. The Kier molecular flexibility index (Phi) is 5.19. The number of sulfonamides is 1. The summed E-state index contributed by atoms with van der Waals surface area (Å²) in [5.74, 6) is -0.776. The van der Waals surface area contributed by atoms with Crippen LogP contribution in [0.25, 0.3) is 0 Å². The topological polar surface area (TPSA) is 128 Å². The lowest BCUT2D eigenvalue weighted by Gasteiger charge is -2.22. The molecule has 23 heavy (non-hydrogen) atoms. The Balaban J connectivity index is 2.34. The minimum atomic E-state index is -3.97. The molecular weight excluding hydrogens is 326 g/mol. The van der Waals surface area contributed by atoms with E-state index in [-0.39, 0.29) is 36.2 Å². The number of hydrogen-bond acceptors (Lipinski definition) is 6. The fourth-order valence-electron chi connectivity index (χ4n) is 2.02. The Morgan fingerprint density at radius 1 is 1.48 bits per heavy atom. The van der Waals surface area contributed by atoms with Gasteiger partial charge in [0.2, 0.25) is 15.9 Å². The summed E-state index contributed by atoms with van der Waals surface area (Å²) in [5.41, 5.74) is 5.36. The molecule has 0 bridgehead atoms. The molecule has 1 aromatic carbocycles. The standard InChI is InChI=1S/C13H17N3O6S/c1-21-5-4-16(7-12(14)17)23(19,20)9-2-3-11-10(6-9)15-13(18)8-22-11/h2-3,6H,4-5,7-8H2,1H3,(H2,14,17)(H,15,18). The van der Waals surface area contributed by atoms with Gasteiger partial charge in [-0.2, -0.15) is 4.31 Å². The van der Waals surface area contributed by atoms with E-state index < -0.39 is 22.5 Å². The van der Waals surface area contributed by atoms with E-state index in [9.17, 15) is 18.0 Å². The summed E-state index contributed by atoms with van der Waals surface area (Å²) in [6, 6.07) is 4.06. The second-order valence-electron chi connectivity index (χ2n) is 4.79. The predicted octanol–water partition coefficient (Wildman–Crippen LogP) is -0.860. The van der Waals surface area contributed by atoms with Gasteiger partial charge in [0, 0.05) is 13.7 Å². The number of nitrogens with zero attached hydrogens (tertiary/aromatic N) is 1. The molecule has 0 spiro atoms. The number of fused-ring (bicyclic) bond motifs is 1. The molecule has 0 unspecified atom stereocenters. The molecule has 1 aliphatic rings. The molecular formula is C13H17N3O6S. The summed E-state index contributed by atoms with van der Waals surface area (Å²) in [6.07, 6.45) is 0. The Morgan fingerprint density at radius 3 is 2.87 bits per heavy atom. The zero-order valence-electron chi connectivity index (χ0n) is 12.4. The van der Waals surface area contributed by atoms with E-state index >= 15 is 0 Å². The van der Waals surface area contributed by atoms with Crippen LogP contribution in [0.15, 0.2) is 23.1 Å². The van der Waals surface area contributed by atoms with Gasteiger partial charge in [-0.1, -0.05) is 0 Å². The maximum atomic E-state index is 12.7. The number of hydrogen-bond donors (Lipinski definition) is 2. The highest BCUT2D eigenvalue weighted by molar-refractivity contribution is 7.89. The molecule has 2 amide bonds. The van der Waals surface area contributed by atoms with Crippen LogP contribution in [-0.4, -0.2) is 58.0 Å². The quantitative estimate of drug-likeness (QED) is 0.663. The monoisotopic (exact) mass is 343 g/mol. The van der Waals surface area contributed by atoms with Gasteiger partial charge in [0.25, 0.3) is 5.91 Å². The highest BCUT2D eigenvalue weighted by Crippen LogP contribution is 2.31. The summed E-state index contributed by atoms with van der Waals surface area (Å²) in [7, 11) is -2.56. The number of anilines is 1. The summed E-state index contributed by atoms with van der Waals surface area (Å²) in [6.45, 7) is -0.509. The van der Waals surface area contributed by atoms with E-state index in [4.69, 9.17) is 15.2 Å². The van der Waals surface area contributed by atoms with Gasteiger partial charge in [-0.05, 0) is 18.2 Å². The maximum Gasteiger partial charge on any atom is 0.262 e. The lowest BCUT2D eigenvalue weighted by atomic mass is 10.2. The second-order valence-corrected chi connectivity index (χ2v) is 6.73. The Labute approximate surface area is 133 Å². The Hall–Kier alpha value is -2.17. The van der Waals surface area contributed by atoms with Crippen LogP contribution in [-0.2, 0) is 24.3 Å². The average molecular weight is 343 g/mol. The summed E-state index contributed by atoms with van der Waals surface area (Å²) in [4.78, 5) is 22.4. The molecule has 126 valence electrons. The molecule has 9 nitrogen and oxygen atoms in total. The van der Waals surface area contributed by atoms with E-state index in [2.05, 4.69) is 5.32 Å². The van der Waals surface area contributed by atoms with Crippen molar-refractivity contribution < 1.29 is 27.5 Å². The predicted molar refractivity (Wildman–Crippen MR) is 80.4 cm³/mol. The van der Waals surface area contributed by atoms with Gasteiger partial charge < -0.3 is 20.5 Å². The zero-order chi connectivity index (χ0) is 17.0. The molecule has 0 atom stereocenters. The number of nitrogens with one attached hydrogen (secondary N) is 1. The van der Waals surface area contributed by atoms with E-state index in [1.54, 1.807) is 0 Å². The van der Waals surface area contributed by atoms with E-state index in [1.165, 1.54) is 25.3 Å². The average Bonchev–Trinajstić information content (AvgIpc) is 2.50. The summed E-state index contributed by atoms with van der Waals surface area (Å²) in [5, 5.41) is 2.53. The van der Waals surface area contributed by atoms with Crippen molar-refractivity contribution >= 4 is 27.5 Å². The first-order valence-corrected chi connectivity index (χ1v) is 8.12. The second kappa shape index (κ2) is 6.94. The molecule has 0 aliphatic carbocycles. The molecule has 10 heteroatoms. The van der Waals surface area contributed by atoms with Crippen molar-refractivity contribution in [2.75, 3.05) is 38.7 Å². The smallest absolute Gasteiger partial charge is 0.262 e. The van der Waals surface area contributed by atoms with Gasteiger partial charge in [-0.25, -0.2) is 8.42 Å². The fourth-order valence-corrected chi connectivity index (χ4v) is 3.44. The van der Waals surface area contributed by atoms with E-state index in [0.29, 0.717) is 5.75 Å². The Morgan fingerprint density at radius 2 is 2.22 bits per heavy atom. The van der Waals surface area contributed by atoms with Crippen LogP contribution in [0.2, 0.25) is 0 Å². The van der Waals surface area contributed by atoms with Gasteiger partial charge in [0.15, 0.2) is 6.61 Å². The molecule has 2 rings (SSSR count). The van der Waals surface area contributed by atoms with Crippen molar-refractivity contribution in [2.45, 2.75) is 4.90 Å². The minimum absolute atomic E-state index is 0.0261. The van der Waals surface area contributed by atoms with Crippen LogP contribution in [0.5, 0.6) is 5.75 Å². The summed E-state index contributed by atoms with van der Waals surface area (Å²) >= 11 is 0. The SMILES string of the molecule is COCCN(CC(N)=O)S(=O)(=O)c1ccc2c(c1)NC(=O)CO2. The van der Waals surface area contributed by atoms with Crippen molar-refractivity contribution in [2.24, 2.45) is 5.73 Å². The first-order valence-electron chi connectivity index (χ1n) is 6.68. The third kappa shape index (κ3) is 3.97. The number of rotatable bonds is 7. The first kappa shape index (κ1) is 17.2. The van der Waals surface area contributed by atoms with Gasteiger partial charge >= 0.3 is 0 Å². The number of primary amides is 1. The van der Waals surface area contributed by atoms with Crippen LogP contribution < -0.4 is 15.8 Å². The normalized spacial score (nSPS) is 14.1. The van der Waals surface area contributed by atoms with Gasteiger partial charge in [-0.15, -0.1) is 0 Å². The van der Waals surface area contributed by atoms with Crippen LogP contribution in [0.4, 0.5) is 5.69 Å². The van der Waals surface area contributed by atoms with E-state index in [1.807, 2.05) is 0 Å². The number of nitrogens with two attached hydrogens (primary N) is 1. The lowest BCUT2D eigenvalue weighted by Crippen LogP contribution is -2.40. The molecule has 0 radical (unpaired) electrons. The molecule has 1 heterocycles. The van der Waals surface area contributed by atoms with Crippen LogP contribution in [0.3, 0.4) is 0 Å². The van der Waals surface area contributed by atoms with E-state index in [0.717, 1.165) is 4.31 Å². The molecule has 0 saturated heterocycles. The zero-order valence-corrected chi connectivity index (χ0v) is 13.3. The largest absolute Gasteiger partial charge is 0.482 e. The number of amides is 2. The Bertz CT molecular complexity index is 718. The number of methoxy groups -OCH3 is 1. The van der Waals surface area contributed by atoms with Crippen molar-refractivity contribution in [1.82, 2.24) is 4.31 Å². The highest BCUT2D eigenvalue weighted by atomic mass is 32.2. The number of carbonyl (C=O) groups is 2. The van der Waals surface area contributed by atoms with Gasteiger partial charge in [0.05, 0.1) is 23.7 Å². The molecule has 3 N–H and O–H groups in total. The molecule has 1 aliphatic heterocycles. The first-order chi connectivity index (χ1) is 10.8. The molecule has 0 saturated carbocycles. The third-order valence-electron chi connectivity index (χ3n) is 3.10. The van der Waals surface area contributed by atoms with Gasteiger partial charge in [0.1, 0.15) is 5.75 Å². The molecule has 0 aromatic heterocycles. The molecule has 0 fully saturated rings. The summed E-state index contributed by atoms with van der Waals surface area (Å²) < 4.78 is 36.3. The van der Waals surface area contributed by atoms with Crippen molar-refractivity contribution in [3.63, 3.8) is 0 Å². The van der Waals surface area contributed by atoms with Gasteiger partial charge in [-0.3, -0.25) is 9.59 Å². The highest BCUT2D eigenvalue weighted by Gasteiger charge is 2.27. The lowest BCUT2D eigenvalue weighted by molar-refractivity contribution is -0.119. The number of ether oxygens (including phenoxy) is 2. The third-order valence-corrected chi connectivity index (χ3v) is 4.94. The van der Waals surface area contributed by atoms with Crippen molar-refractivity contribution in [1.29, 1.82) is 0 Å². The van der Waals surface area contributed by atoms with Crippen molar-refractivity contribution in [3.05, 3.63) is 18.2 Å². The van der Waals surface area contributed by atoms with Crippen LogP contribution in [0, 0.1) is 0 Å². The van der Waals surface area contributed by atoms with Crippen LogP contribution >= 0.6 is 0 Å². The minimum Gasteiger partial charge on any atom is -0.482 e. The molecule has 1 aromatic rings. The fraction of sp³-hybridized carbons (Fsp3) is 0.385.